The molecule has 9 nitrogen and oxygen atoms in total. The van der Waals surface area contributed by atoms with Crippen molar-refractivity contribution in [2.75, 3.05) is 20.8 Å². The van der Waals surface area contributed by atoms with Crippen LogP contribution in [0.3, 0.4) is 0 Å². The number of carbonyl (C=O) groups excluding carboxylic acids is 1. The molecule has 0 unspecified atom stereocenters. The van der Waals surface area contributed by atoms with E-state index in [0.29, 0.717) is 68.8 Å². The molecular weight excluding hydrogens is 483 g/mol. The number of benzene rings is 2. The van der Waals surface area contributed by atoms with Crippen LogP contribution in [0.1, 0.15) is 19.8 Å². The molecule has 2 aromatic carbocycles. The van der Waals surface area contributed by atoms with Crippen LogP contribution >= 0.6 is 23.2 Å². The third-order valence-corrected chi connectivity index (χ3v) is 5.29. The molecule has 2 heterocycles. The predicted molar refractivity (Wildman–Crippen MR) is 129 cm³/mol. The number of phenols is 1. The summed E-state index contributed by atoms with van der Waals surface area (Å²) in [7, 11) is 3.03. The molecule has 0 aliphatic rings. The molecule has 0 saturated heterocycles. The van der Waals surface area contributed by atoms with E-state index < -0.39 is 0 Å². The quantitative estimate of drug-likeness (QED) is 0.272. The lowest BCUT2D eigenvalue weighted by Gasteiger charge is -2.11. The summed E-state index contributed by atoms with van der Waals surface area (Å²) in [5, 5.41) is 11.6. The summed E-state index contributed by atoms with van der Waals surface area (Å²) in [6.07, 6.45) is 3.91. The topological polar surface area (TPSA) is 117 Å². The minimum atomic E-state index is 0.0368. The van der Waals surface area contributed by atoms with Gasteiger partial charge in [-0.25, -0.2) is 19.9 Å². The number of hydrogen-bond acceptors (Lipinski definition) is 9. The van der Waals surface area contributed by atoms with Crippen LogP contribution in [0.2, 0.25) is 10.3 Å². The molecule has 0 amide bonds. The van der Waals surface area contributed by atoms with Crippen molar-refractivity contribution in [1.29, 1.82) is 0 Å². The standard InChI is InChI=1S/C14H15ClN2O3.C9H7ClN2O2/c1-9(18)4-3-5-20-13-7-11-10(6-12(13)19-2)14(15)17-8-16-11;1-14-8-2-5-6(3-7(8)13)11-4-12-9(5)10/h6-8H,3-5H2,1-2H3;2-4,13H,1H3. The zero-order chi connectivity index (χ0) is 24.7. The molecule has 4 aromatic rings. The molecule has 2 aromatic heterocycles. The summed E-state index contributed by atoms with van der Waals surface area (Å²) in [6.45, 7) is 2.01. The minimum absolute atomic E-state index is 0.0368. The first-order valence-corrected chi connectivity index (χ1v) is 10.9. The fourth-order valence-corrected chi connectivity index (χ4v) is 3.40. The Morgan fingerprint density at radius 1 is 0.853 bits per heavy atom. The first-order valence-electron chi connectivity index (χ1n) is 10.1. The number of ketones is 1. The average Bonchev–Trinajstić information content (AvgIpc) is 2.82. The van der Waals surface area contributed by atoms with Crippen molar-refractivity contribution in [2.24, 2.45) is 0 Å². The van der Waals surface area contributed by atoms with Crippen LogP contribution in [-0.2, 0) is 4.79 Å². The molecule has 0 bridgehead atoms. The van der Waals surface area contributed by atoms with Gasteiger partial charge in [0.25, 0.3) is 0 Å². The summed E-state index contributed by atoms with van der Waals surface area (Å²) in [4.78, 5) is 26.8. The summed E-state index contributed by atoms with van der Waals surface area (Å²) in [5.41, 5.74) is 1.27. The van der Waals surface area contributed by atoms with Crippen LogP contribution < -0.4 is 14.2 Å². The van der Waals surface area contributed by atoms with Crippen LogP contribution in [0.15, 0.2) is 36.9 Å². The molecule has 0 saturated carbocycles. The van der Waals surface area contributed by atoms with E-state index in [1.807, 2.05) is 0 Å². The Hall–Kier alpha value is -3.43. The van der Waals surface area contributed by atoms with Crippen molar-refractivity contribution >= 4 is 50.8 Å². The van der Waals surface area contributed by atoms with Crippen molar-refractivity contribution in [1.82, 2.24) is 19.9 Å². The van der Waals surface area contributed by atoms with E-state index in [9.17, 15) is 9.90 Å². The lowest BCUT2D eigenvalue weighted by molar-refractivity contribution is -0.117. The van der Waals surface area contributed by atoms with Crippen molar-refractivity contribution < 1.29 is 24.1 Å². The number of nitrogens with zero attached hydrogens (tertiary/aromatic N) is 4. The van der Waals surface area contributed by atoms with E-state index in [2.05, 4.69) is 19.9 Å². The zero-order valence-corrected chi connectivity index (χ0v) is 20.2. The van der Waals surface area contributed by atoms with Crippen LogP contribution in [0.25, 0.3) is 21.8 Å². The summed E-state index contributed by atoms with van der Waals surface area (Å²) in [5.74, 6) is 1.69. The van der Waals surface area contributed by atoms with Crippen LogP contribution in [-0.4, -0.2) is 51.7 Å². The summed E-state index contributed by atoms with van der Waals surface area (Å²) >= 11 is 11.9. The normalized spacial score (nSPS) is 10.5. The molecule has 1 N–H and O–H groups in total. The van der Waals surface area contributed by atoms with Gasteiger partial charge in [-0.15, -0.1) is 0 Å². The fraction of sp³-hybridized carbons (Fsp3) is 0.261. The Morgan fingerprint density at radius 3 is 1.97 bits per heavy atom. The van der Waals surface area contributed by atoms with Gasteiger partial charge in [0, 0.05) is 29.3 Å². The Morgan fingerprint density at radius 2 is 1.41 bits per heavy atom. The van der Waals surface area contributed by atoms with E-state index in [1.165, 1.54) is 25.8 Å². The number of ether oxygens (including phenoxy) is 3. The summed E-state index contributed by atoms with van der Waals surface area (Å²) in [6, 6.07) is 6.60. The van der Waals surface area contributed by atoms with E-state index in [-0.39, 0.29) is 11.5 Å². The number of halogens is 2. The first-order chi connectivity index (χ1) is 16.3. The maximum Gasteiger partial charge on any atom is 0.163 e. The number of aromatic nitrogens is 4. The van der Waals surface area contributed by atoms with Gasteiger partial charge >= 0.3 is 0 Å². The average molecular weight is 505 g/mol. The Bertz CT molecular complexity index is 1320. The molecule has 11 heteroatoms. The number of aromatic hydroxyl groups is 1. The molecule has 178 valence electrons. The van der Waals surface area contributed by atoms with Crippen molar-refractivity contribution in [3.05, 3.63) is 47.2 Å². The van der Waals surface area contributed by atoms with Gasteiger partial charge in [-0.2, -0.15) is 0 Å². The predicted octanol–water partition coefficient (Wildman–Crippen LogP) is 5.04. The maximum absolute atomic E-state index is 10.9. The SMILES string of the molecule is COc1cc2c(Cl)ncnc2cc1O.COc1cc2c(Cl)ncnc2cc1OCCCC(C)=O. The van der Waals surface area contributed by atoms with Gasteiger partial charge in [-0.05, 0) is 25.5 Å². The number of methoxy groups -OCH3 is 2. The van der Waals surface area contributed by atoms with Crippen LogP contribution in [0.4, 0.5) is 0 Å². The number of carbonyl (C=O) groups is 1. The number of phenolic OH excluding ortho intramolecular Hbond substituents is 1. The highest BCUT2D eigenvalue weighted by atomic mass is 35.5. The van der Waals surface area contributed by atoms with Crippen molar-refractivity contribution in [3.8, 4) is 23.0 Å². The van der Waals surface area contributed by atoms with Gasteiger partial charge in [-0.1, -0.05) is 23.2 Å². The van der Waals surface area contributed by atoms with E-state index in [1.54, 1.807) is 32.2 Å². The molecule has 0 aliphatic carbocycles. The van der Waals surface area contributed by atoms with Crippen molar-refractivity contribution in [3.63, 3.8) is 0 Å². The van der Waals surface area contributed by atoms with Gasteiger partial charge in [0.05, 0.1) is 31.9 Å². The van der Waals surface area contributed by atoms with Crippen LogP contribution in [0.5, 0.6) is 23.0 Å². The second-order valence-electron chi connectivity index (χ2n) is 7.04. The van der Waals surface area contributed by atoms with Gasteiger partial charge in [0.15, 0.2) is 23.0 Å². The van der Waals surface area contributed by atoms with E-state index >= 15 is 0 Å². The Kier molecular flexibility index (Phi) is 8.61. The van der Waals surface area contributed by atoms with E-state index in [0.717, 1.165) is 0 Å². The monoisotopic (exact) mass is 504 g/mol. The molecule has 4 rings (SSSR count). The largest absolute Gasteiger partial charge is 0.504 e. The third-order valence-electron chi connectivity index (χ3n) is 4.69. The maximum atomic E-state index is 10.9. The number of hydrogen-bond donors (Lipinski definition) is 1. The van der Waals surface area contributed by atoms with Crippen molar-refractivity contribution in [2.45, 2.75) is 19.8 Å². The molecular formula is C23H22Cl2N4O5. The third kappa shape index (κ3) is 6.12. The lowest BCUT2D eigenvalue weighted by atomic mass is 10.2. The minimum Gasteiger partial charge on any atom is -0.504 e. The molecule has 0 spiro atoms. The highest BCUT2D eigenvalue weighted by molar-refractivity contribution is 6.34. The van der Waals surface area contributed by atoms with Gasteiger partial charge in [0.1, 0.15) is 28.7 Å². The van der Waals surface area contributed by atoms with Crippen LogP contribution in [0, 0.1) is 0 Å². The van der Waals surface area contributed by atoms with Gasteiger partial charge in [-0.3, -0.25) is 0 Å². The molecule has 0 aliphatic heterocycles. The Balaban J connectivity index is 0.000000202. The summed E-state index contributed by atoms with van der Waals surface area (Å²) < 4.78 is 15.9. The Labute approximate surface area is 205 Å². The fourth-order valence-electron chi connectivity index (χ4n) is 3.01. The molecule has 0 atom stereocenters. The molecule has 34 heavy (non-hydrogen) atoms. The number of rotatable bonds is 7. The molecule has 0 radical (unpaired) electrons. The lowest BCUT2D eigenvalue weighted by Crippen LogP contribution is -2.02. The second kappa shape index (κ2) is 11.6. The smallest absolute Gasteiger partial charge is 0.163 e. The zero-order valence-electron chi connectivity index (χ0n) is 18.7. The highest BCUT2D eigenvalue weighted by Crippen LogP contribution is 2.34. The van der Waals surface area contributed by atoms with E-state index in [4.69, 9.17) is 37.4 Å². The second-order valence-corrected chi connectivity index (χ2v) is 7.76. The number of fused-ring (bicyclic) bond motifs is 2. The highest BCUT2D eigenvalue weighted by Gasteiger charge is 2.11. The number of Topliss-reactive ketones (excluding diaryl/α,β-unsaturated/α-hetero) is 1. The van der Waals surface area contributed by atoms with Gasteiger partial charge in [0.2, 0.25) is 0 Å². The molecule has 0 fully saturated rings. The van der Waals surface area contributed by atoms with Gasteiger partial charge < -0.3 is 24.1 Å². The first kappa shape index (κ1) is 25.2.